The van der Waals surface area contributed by atoms with E-state index < -0.39 is 19.0 Å². The number of aromatic nitrogens is 3. The van der Waals surface area contributed by atoms with Crippen molar-refractivity contribution >= 4 is 5.97 Å². The first kappa shape index (κ1) is 17.0. The van der Waals surface area contributed by atoms with Gasteiger partial charge in [-0.3, -0.25) is 9.67 Å². The van der Waals surface area contributed by atoms with Gasteiger partial charge in [-0.25, -0.2) is 13.6 Å². The van der Waals surface area contributed by atoms with Gasteiger partial charge in [0.1, 0.15) is 17.9 Å². The van der Waals surface area contributed by atoms with Gasteiger partial charge in [0, 0.05) is 12.4 Å². The molecular weight excluding hydrogens is 308 g/mol. The van der Waals surface area contributed by atoms with Crippen LogP contribution in [0.4, 0.5) is 8.78 Å². The summed E-state index contributed by atoms with van der Waals surface area (Å²) in [6.45, 7) is 1.63. The lowest BCUT2D eigenvalue weighted by Gasteiger charge is -2.03. The first-order chi connectivity index (χ1) is 11.1. The highest BCUT2D eigenvalue weighted by Crippen LogP contribution is 2.20. The molecule has 0 amide bonds. The summed E-state index contributed by atoms with van der Waals surface area (Å²) in [6.07, 6.45) is 0.592. The fraction of sp³-hybridized carbons (Fsp3) is 0.400. The number of alkyl halides is 2. The number of esters is 1. The molecule has 0 unspecified atom stereocenters. The predicted molar refractivity (Wildman–Crippen MR) is 78.2 cm³/mol. The molecule has 23 heavy (non-hydrogen) atoms. The topological polar surface area (TPSA) is 66.2 Å². The van der Waals surface area contributed by atoms with E-state index in [0.29, 0.717) is 11.4 Å². The van der Waals surface area contributed by atoms with Crippen LogP contribution in [0.5, 0.6) is 0 Å². The van der Waals surface area contributed by atoms with Crippen LogP contribution in [0.25, 0.3) is 11.4 Å². The molecular formula is C15H17F2N3O3. The normalized spacial score (nSPS) is 11.0. The van der Waals surface area contributed by atoms with E-state index in [0.717, 1.165) is 0 Å². The molecule has 0 aliphatic heterocycles. The molecule has 2 heterocycles. The number of pyridine rings is 1. The van der Waals surface area contributed by atoms with Gasteiger partial charge in [0.15, 0.2) is 0 Å². The summed E-state index contributed by atoms with van der Waals surface area (Å²) in [6, 6.07) is 5.26. The highest BCUT2D eigenvalue weighted by molar-refractivity contribution is 5.95. The zero-order valence-electron chi connectivity index (χ0n) is 12.6. The SMILES string of the molecule is CCOC(=O)c1cn(CCOCC(F)F)nc1-c1ccccn1. The van der Waals surface area contributed by atoms with E-state index in [-0.39, 0.29) is 25.3 Å². The van der Waals surface area contributed by atoms with Gasteiger partial charge in [-0.2, -0.15) is 5.10 Å². The van der Waals surface area contributed by atoms with Gasteiger partial charge in [-0.15, -0.1) is 0 Å². The number of hydrogen-bond donors (Lipinski definition) is 0. The van der Waals surface area contributed by atoms with Crippen molar-refractivity contribution < 1.29 is 23.0 Å². The van der Waals surface area contributed by atoms with Crippen molar-refractivity contribution in [3.8, 4) is 11.4 Å². The second-order valence-corrected chi connectivity index (χ2v) is 4.56. The summed E-state index contributed by atoms with van der Waals surface area (Å²) in [4.78, 5) is 16.2. The maximum atomic E-state index is 12.0. The number of hydrogen-bond acceptors (Lipinski definition) is 5. The van der Waals surface area contributed by atoms with Gasteiger partial charge >= 0.3 is 5.97 Å². The molecule has 0 aliphatic rings. The zero-order chi connectivity index (χ0) is 16.7. The van der Waals surface area contributed by atoms with Gasteiger partial charge in [0.2, 0.25) is 0 Å². The highest BCUT2D eigenvalue weighted by Gasteiger charge is 2.19. The summed E-state index contributed by atoms with van der Waals surface area (Å²) in [7, 11) is 0. The van der Waals surface area contributed by atoms with Gasteiger partial charge in [0.05, 0.1) is 25.5 Å². The maximum Gasteiger partial charge on any atom is 0.342 e. The van der Waals surface area contributed by atoms with Crippen LogP contribution in [0.1, 0.15) is 17.3 Å². The van der Waals surface area contributed by atoms with Crippen molar-refractivity contribution in [2.75, 3.05) is 19.8 Å². The van der Waals surface area contributed by atoms with Gasteiger partial charge < -0.3 is 9.47 Å². The summed E-state index contributed by atoms with van der Waals surface area (Å²) < 4.78 is 35.3. The van der Waals surface area contributed by atoms with Crippen LogP contribution in [0.2, 0.25) is 0 Å². The smallest absolute Gasteiger partial charge is 0.342 e. The van der Waals surface area contributed by atoms with E-state index in [1.165, 1.54) is 10.9 Å². The molecule has 0 saturated carbocycles. The molecule has 0 aliphatic carbocycles. The first-order valence-electron chi connectivity index (χ1n) is 7.13. The third-order valence-electron chi connectivity index (χ3n) is 2.87. The van der Waals surface area contributed by atoms with E-state index in [1.807, 2.05) is 0 Å². The Bertz CT molecular complexity index is 632. The summed E-state index contributed by atoms with van der Waals surface area (Å²) in [5, 5.41) is 4.29. The monoisotopic (exact) mass is 325 g/mol. The van der Waals surface area contributed by atoms with Crippen LogP contribution in [0.3, 0.4) is 0 Å². The Hall–Kier alpha value is -2.35. The molecule has 0 aromatic carbocycles. The molecule has 6 nitrogen and oxygen atoms in total. The van der Waals surface area contributed by atoms with Crippen LogP contribution in [0, 0.1) is 0 Å². The molecule has 0 atom stereocenters. The molecule has 0 saturated heterocycles. The van der Waals surface area contributed by atoms with E-state index in [4.69, 9.17) is 9.47 Å². The lowest BCUT2D eigenvalue weighted by Crippen LogP contribution is -2.11. The molecule has 2 rings (SSSR count). The maximum absolute atomic E-state index is 12.0. The lowest BCUT2D eigenvalue weighted by atomic mass is 10.2. The zero-order valence-corrected chi connectivity index (χ0v) is 12.6. The molecule has 0 bridgehead atoms. The highest BCUT2D eigenvalue weighted by atomic mass is 19.3. The Morgan fingerprint density at radius 2 is 2.22 bits per heavy atom. The predicted octanol–water partition coefficient (Wildman–Crippen LogP) is 2.40. The molecule has 0 spiro atoms. The van der Waals surface area contributed by atoms with E-state index >= 15 is 0 Å². The Morgan fingerprint density at radius 3 is 2.87 bits per heavy atom. The van der Waals surface area contributed by atoms with Gasteiger partial charge in [-0.1, -0.05) is 6.07 Å². The van der Waals surface area contributed by atoms with Crippen LogP contribution in [0.15, 0.2) is 30.6 Å². The number of carbonyl (C=O) groups is 1. The molecule has 0 N–H and O–H groups in total. The van der Waals surface area contributed by atoms with Crippen molar-refractivity contribution in [3.63, 3.8) is 0 Å². The average molecular weight is 325 g/mol. The Morgan fingerprint density at radius 1 is 1.39 bits per heavy atom. The average Bonchev–Trinajstić information content (AvgIpc) is 2.97. The molecule has 0 fully saturated rings. The second kappa shape index (κ2) is 8.33. The number of rotatable bonds is 8. The molecule has 2 aromatic heterocycles. The van der Waals surface area contributed by atoms with Crippen LogP contribution in [-0.4, -0.2) is 47.0 Å². The second-order valence-electron chi connectivity index (χ2n) is 4.56. The van der Waals surface area contributed by atoms with Crippen LogP contribution >= 0.6 is 0 Å². The number of halogens is 2. The minimum Gasteiger partial charge on any atom is -0.462 e. The third-order valence-corrected chi connectivity index (χ3v) is 2.87. The summed E-state index contributed by atoms with van der Waals surface area (Å²) in [5.74, 6) is -0.507. The largest absolute Gasteiger partial charge is 0.462 e. The summed E-state index contributed by atoms with van der Waals surface area (Å²) >= 11 is 0. The van der Waals surface area contributed by atoms with Crippen molar-refractivity contribution in [2.45, 2.75) is 19.9 Å². The Balaban J connectivity index is 2.17. The number of nitrogens with zero attached hydrogens (tertiary/aromatic N) is 3. The fourth-order valence-corrected chi connectivity index (χ4v) is 1.92. The van der Waals surface area contributed by atoms with E-state index in [1.54, 1.807) is 31.3 Å². The molecule has 8 heteroatoms. The first-order valence-corrected chi connectivity index (χ1v) is 7.13. The van der Waals surface area contributed by atoms with Gasteiger partial charge in [-0.05, 0) is 19.1 Å². The fourth-order valence-electron chi connectivity index (χ4n) is 1.92. The van der Waals surface area contributed by atoms with Crippen LogP contribution < -0.4 is 0 Å². The van der Waals surface area contributed by atoms with Crippen molar-refractivity contribution in [1.82, 2.24) is 14.8 Å². The van der Waals surface area contributed by atoms with Crippen molar-refractivity contribution in [2.24, 2.45) is 0 Å². The number of ether oxygens (including phenoxy) is 2. The lowest BCUT2D eigenvalue weighted by molar-refractivity contribution is 0.0140. The van der Waals surface area contributed by atoms with E-state index in [2.05, 4.69) is 10.1 Å². The Labute approximate surface area is 132 Å². The van der Waals surface area contributed by atoms with E-state index in [9.17, 15) is 13.6 Å². The Kier molecular flexibility index (Phi) is 6.16. The standard InChI is InChI=1S/C15H17F2N3O3/c1-2-23-15(21)11-9-20(7-8-22-10-13(16)17)19-14(11)12-5-3-4-6-18-12/h3-6,9,13H,2,7-8,10H2,1H3. The molecule has 2 aromatic rings. The van der Waals surface area contributed by atoms with Gasteiger partial charge in [0.25, 0.3) is 6.43 Å². The summed E-state index contributed by atoms with van der Waals surface area (Å²) in [5.41, 5.74) is 1.19. The van der Waals surface area contributed by atoms with Crippen molar-refractivity contribution in [3.05, 3.63) is 36.2 Å². The molecule has 124 valence electrons. The molecule has 0 radical (unpaired) electrons. The number of carbonyl (C=O) groups excluding carboxylic acids is 1. The van der Waals surface area contributed by atoms with Crippen molar-refractivity contribution in [1.29, 1.82) is 0 Å². The minimum absolute atomic E-state index is 0.0654. The quantitative estimate of drug-likeness (QED) is 0.551. The van der Waals surface area contributed by atoms with Crippen LogP contribution in [-0.2, 0) is 16.0 Å². The third kappa shape index (κ3) is 4.82. The minimum atomic E-state index is -2.51.